The summed E-state index contributed by atoms with van der Waals surface area (Å²) in [5, 5.41) is 3.74. The van der Waals surface area contributed by atoms with Crippen molar-refractivity contribution in [2.75, 3.05) is 42.3 Å². The highest BCUT2D eigenvalue weighted by molar-refractivity contribution is 7.91. The third-order valence-electron chi connectivity index (χ3n) is 7.14. The average Bonchev–Trinajstić information content (AvgIpc) is 3.08. The van der Waals surface area contributed by atoms with E-state index in [1.807, 2.05) is 30.5 Å². The van der Waals surface area contributed by atoms with Gasteiger partial charge in [0, 0.05) is 43.5 Å². The second kappa shape index (κ2) is 9.90. The van der Waals surface area contributed by atoms with E-state index in [0.29, 0.717) is 11.3 Å². The van der Waals surface area contributed by atoms with Crippen molar-refractivity contribution in [2.45, 2.75) is 25.0 Å². The van der Waals surface area contributed by atoms with Crippen LogP contribution in [-0.4, -0.2) is 61.8 Å². The van der Waals surface area contributed by atoms with Crippen LogP contribution in [0.1, 0.15) is 27.2 Å². The monoisotopic (exact) mass is 544 g/mol. The van der Waals surface area contributed by atoms with E-state index in [1.54, 1.807) is 18.3 Å². The lowest BCUT2D eigenvalue weighted by atomic mass is 10.1. The molecule has 4 aromatic rings. The fourth-order valence-corrected chi connectivity index (χ4v) is 6.42. The summed E-state index contributed by atoms with van der Waals surface area (Å²) in [6.07, 6.45) is 3.56. The summed E-state index contributed by atoms with van der Waals surface area (Å²) in [6.45, 7) is 4.21. The highest BCUT2D eigenvalue weighted by atomic mass is 32.2. The Morgan fingerprint density at radius 1 is 1.10 bits per heavy atom. The Morgan fingerprint density at radius 2 is 1.97 bits per heavy atom. The number of hydrogen-bond acceptors (Lipinski definition) is 9. The van der Waals surface area contributed by atoms with Gasteiger partial charge in [0.25, 0.3) is 5.91 Å². The molecule has 0 saturated carbocycles. The van der Waals surface area contributed by atoms with E-state index < -0.39 is 9.84 Å². The Morgan fingerprint density at radius 3 is 2.85 bits per heavy atom. The molecule has 1 N–H and O–H groups in total. The molecule has 6 rings (SSSR count). The molecule has 0 bridgehead atoms. The second-order valence-corrected chi connectivity index (χ2v) is 11.9. The maximum absolute atomic E-state index is 12.9. The number of carbonyl (C=O) groups excluding carboxylic acids is 1. The molecule has 200 valence electrons. The van der Waals surface area contributed by atoms with Crippen LogP contribution in [0.5, 0.6) is 0 Å². The summed E-state index contributed by atoms with van der Waals surface area (Å²) in [6, 6.07) is 12.5. The molecule has 10 nitrogen and oxygen atoms in total. The van der Waals surface area contributed by atoms with E-state index in [4.69, 9.17) is 9.72 Å². The van der Waals surface area contributed by atoms with E-state index in [-0.39, 0.29) is 41.9 Å². The largest absolute Gasteiger partial charge is 0.376 e. The summed E-state index contributed by atoms with van der Waals surface area (Å²) in [5.41, 5.74) is 4.50. The van der Waals surface area contributed by atoms with Crippen molar-refractivity contribution < 1.29 is 17.9 Å². The number of amides is 1. The number of pyridine rings is 3. The van der Waals surface area contributed by atoms with Crippen molar-refractivity contribution in [3.63, 3.8) is 0 Å². The minimum absolute atomic E-state index is 0.101. The first kappa shape index (κ1) is 25.2. The van der Waals surface area contributed by atoms with Gasteiger partial charge >= 0.3 is 0 Å². The Bertz CT molecular complexity index is 1710. The van der Waals surface area contributed by atoms with Gasteiger partial charge in [-0.15, -0.1) is 0 Å². The fraction of sp³-hybridized carbons (Fsp3) is 0.286. The molecule has 0 spiro atoms. The molecule has 39 heavy (non-hydrogen) atoms. The van der Waals surface area contributed by atoms with Gasteiger partial charge in [-0.2, -0.15) is 0 Å². The molecule has 11 heteroatoms. The van der Waals surface area contributed by atoms with Crippen LogP contribution in [0.2, 0.25) is 0 Å². The quantitative estimate of drug-likeness (QED) is 0.413. The minimum atomic E-state index is -3.50. The zero-order chi connectivity index (χ0) is 27.1. The van der Waals surface area contributed by atoms with Gasteiger partial charge < -0.3 is 19.9 Å². The molecule has 0 saturated heterocycles. The number of aromatic nitrogens is 3. The van der Waals surface area contributed by atoms with Gasteiger partial charge in [0.2, 0.25) is 0 Å². The summed E-state index contributed by atoms with van der Waals surface area (Å²) in [5.74, 6) is 1.20. The number of nitrogens with zero attached hydrogens (tertiary/aromatic N) is 5. The molecule has 2 aliphatic heterocycles. The molecule has 0 aliphatic carbocycles. The van der Waals surface area contributed by atoms with Crippen molar-refractivity contribution in [2.24, 2.45) is 0 Å². The first-order chi connectivity index (χ1) is 18.8. The number of carbonyl (C=O) groups is 1. The Hall–Kier alpha value is -4.09. The van der Waals surface area contributed by atoms with E-state index in [0.717, 1.165) is 46.9 Å². The Balaban J connectivity index is 1.23. The van der Waals surface area contributed by atoms with E-state index in [2.05, 4.69) is 39.1 Å². The maximum Gasteiger partial charge on any atom is 0.251 e. The number of benzene rings is 1. The topological polar surface area (TPSA) is 118 Å². The lowest BCUT2D eigenvalue weighted by Gasteiger charge is -2.36. The van der Waals surface area contributed by atoms with E-state index in [9.17, 15) is 13.2 Å². The molecule has 0 atom stereocenters. The lowest BCUT2D eigenvalue weighted by Crippen LogP contribution is -2.38. The molecule has 0 radical (unpaired) electrons. The minimum Gasteiger partial charge on any atom is -0.376 e. The van der Waals surface area contributed by atoms with E-state index in [1.165, 1.54) is 6.07 Å². The molecule has 0 fully saturated rings. The number of nitrogens with one attached hydrogen (secondary N) is 1. The third kappa shape index (κ3) is 4.79. The number of rotatable bonds is 4. The van der Waals surface area contributed by atoms with Gasteiger partial charge in [0.15, 0.2) is 15.7 Å². The van der Waals surface area contributed by atoms with Gasteiger partial charge in [-0.05, 0) is 54.4 Å². The number of anilines is 3. The molecule has 1 amide bonds. The number of fused-ring (bicyclic) bond motifs is 3. The Kier molecular flexibility index (Phi) is 6.40. The van der Waals surface area contributed by atoms with Gasteiger partial charge in [-0.25, -0.2) is 18.4 Å². The zero-order valence-corrected chi connectivity index (χ0v) is 22.5. The summed E-state index contributed by atoms with van der Waals surface area (Å²) >= 11 is 0. The highest BCUT2D eigenvalue weighted by Gasteiger charge is 2.26. The molecular weight excluding hydrogens is 516 g/mol. The third-order valence-corrected chi connectivity index (χ3v) is 8.90. The number of hydrogen-bond donors (Lipinski definition) is 1. The van der Waals surface area contributed by atoms with Crippen LogP contribution in [0.3, 0.4) is 0 Å². The smallest absolute Gasteiger partial charge is 0.251 e. The van der Waals surface area contributed by atoms with Crippen molar-refractivity contribution >= 4 is 44.0 Å². The van der Waals surface area contributed by atoms with Crippen LogP contribution in [0.15, 0.2) is 59.8 Å². The van der Waals surface area contributed by atoms with Crippen molar-refractivity contribution in [1.82, 2.24) is 20.3 Å². The van der Waals surface area contributed by atoms with Crippen molar-refractivity contribution in [3.8, 4) is 0 Å². The first-order valence-corrected chi connectivity index (χ1v) is 14.4. The van der Waals surface area contributed by atoms with Crippen LogP contribution in [-0.2, 0) is 27.7 Å². The first-order valence-electron chi connectivity index (χ1n) is 12.7. The summed E-state index contributed by atoms with van der Waals surface area (Å²) in [7, 11) is -1.43. The summed E-state index contributed by atoms with van der Waals surface area (Å²) in [4.78, 5) is 31.4. The van der Waals surface area contributed by atoms with Crippen LogP contribution < -0.4 is 15.1 Å². The van der Waals surface area contributed by atoms with Crippen LogP contribution in [0, 0.1) is 6.92 Å². The number of aryl methyl sites for hydroxylation is 1. The SMILES string of the molecule is Cc1ccnc2c1N(C)CCN2c1ccc2cnc(CNC(=O)c3ccc4c(c3)S(=O)(=O)CCOC4)cc2n1. The molecule has 2 aliphatic rings. The van der Waals surface area contributed by atoms with Gasteiger partial charge in [0.1, 0.15) is 5.82 Å². The molecule has 0 unspecified atom stereocenters. The predicted molar refractivity (Wildman–Crippen MR) is 148 cm³/mol. The average molecular weight is 545 g/mol. The van der Waals surface area contributed by atoms with Gasteiger partial charge in [-0.1, -0.05) is 6.07 Å². The fourth-order valence-electron chi connectivity index (χ4n) is 5.03. The zero-order valence-electron chi connectivity index (χ0n) is 21.7. The maximum atomic E-state index is 12.9. The lowest BCUT2D eigenvalue weighted by molar-refractivity contribution is 0.0950. The standard InChI is InChI=1S/C28H28N6O4S/c1-18-7-8-29-27-26(18)33(2)9-10-34(27)25-6-5-20-15-30-22(14-23(20)32-25)16-31-28(35)19-3-4-21-17-38-11-12-39(36,37)24(21)13-19/h3-8,13-15H,9-12,16-17H2,1-2H3,(H,31,35). The number of likely N-dealkylation sites (N-methyl/N-ethyl adjacent to an activating group) is 1. The second-order valence-electron chi connectivity index (χ2n) is 9.79. The number of ether oxygens (including phenoxy) is 1. The van der Waals surface area contributed by atoms with E-state index >= 15 is 0 Å². The molecular formula is C28H28N6O4S. The van der Waals surface area contributed by atoms with Crippen LogP contribution in [0.25, 0.3) is 10.9 Å². The van der Waals surface area contributed by atoms with Crippen molar-refractivity contribution in [1.29, 1.82) is 0 Å². The normalized spacial score (nSPS) is 16.4. The Labute approximate surface area is 226 Å². The molecule has 1 aromatic carbocycles. The predicted octanol–water partition coefficient (Wildman–Crippen LogP) is 3.16. The number of sulfone groups is 1. The van der Waals surface area contributed by atoms with Crippen molar-refractivity contribution in [3.05, 3.63) is 77.2 Å². The van der Waals surface area contributed by atoms with Crippen LogP contribution >= 0.6 is 0 Å². The molecule has 3 aromatic heterocycles. The van der Waals surface area contributed by atoms with Gasteiger partial charge in [0.05, 0.1) is 47.3 Å². The highest BCUT2D eigenvalue weighted by Crippen LogP contribution is 2.37. The van der Waals surface area contributed by atoms with Crippen LogP contribution in [0.4, 0.5) is 17.3 Å². The van der Waals surface area contributed by atoms with Gasteiger partial charge in [-0.3, -0.25) is 9.78 Å². The summed E-state index contributed by atoms with van der Waals surface area (Å²) < 4.78 is 30.5. The molecule has 5 heterocycles.